The number of aromatic nitrogens is 2. The van der Waals surface area contributed by atoms with Crippen LogP contribution in [0.5, 0.6) is 0 Å². The second-order valence-electron chi connectivity index (χ2n) is 2.78. The molecule has 0 bridgehead atoms. The van der Waals surface area contributed by atoms with E-state index in [0.717, 1.165) is 6.07 Å². The minimum atomic E-state index is -0.645. The van der Waals surface area contributed by atoms with Crippen molar-refractivity contribution in [3.63, 3.8) is 0 Å². The number of aryl methyl sites for hydroxylation is 1. The molecule has 0 amide bonds. The number of nitrogens with zero attached hydrogens (tertiary/aromatic N) is 3. The van der Waals surface area contributed by atoms with Crippen molar-refractivity contribution in [1.29, 1.82) is 0 Å². The number of halogens is 1. The van der Waals surface area contributed by atoms with Crippen LogP contribution in [-0.2, 0) is 11.3 Å². The summed E-state index contributed by atoms with van der Waals surface area (Å²) in [6, 6.07) is 1.11. The van der Waals surface area contributed by atoms with Gasteiger partial charge in [-0.25, -0.2) is 4.79 Å². The molecule has 1 heterocycles. The van der Waals surface area contributed by atoms with Gasteiger partial charge in [0.05, 0.1) is 24.3 Å². The number of rotatable bonds is 5. The van der Waals surface area contributed by atoms with Crippen molar-refractivity contribution in [2.45, 2.75) is 13.5 Å². The number of hydrogen-bond donors (Lipinski definition) is 0. The molecule has 0 aliphatic rings. The molecule has 0 saturated carbocycles. The summed E-state index contributed by atoms with van der Waals surface area (Å²) < 4.78 is 6.03. The highest BCUT2D eigenvalue weighted by atomic mass is 79.9. The number of ether oxygens (including phenoxy) is 1. The van der Waals surface area contributed by atoms with E-state index in [0.29, 0.717) is 11.9 Å². The van der Waals surface area contributed by atoms with Crippen molar-refractivity contribution in [1.82, 2.24) is 9.78 Å². The molecule has 0 saturated heterocycles. The summed E-state index contributed by atoms with van der Waals surface area (Å²) in [6.45, 7) is 2.24. The van der Waals surface area contributed by atoms with Crippen molar-refractivity contribution in [2.24, 2.45) is 0 Å². The summed E-state index contributed by atoms with van der Waals surface area (Å²) in [5, 5.41) is 14.7. The van der Waals surface area contributed by atoms with Gasteiger partial charge in [0.2, 0.25) is 0 Å². The molecule has 0 aromatic carbocycles. The van der Waals surface area contributed by atoms with Crippen LogP contribution in [0, 0.1) is 10.1 Å². The predicted octanol–water partition coefficient (Wildman–Crippen LogP) is 1.36. The van der Waals surface area contributed by atoms with Crippen LogP contribution < -0.4 is 0 Å². The van der Waals surface area contributed by atoms with E-state index in [2.05, 4.69) is 21.0 Å². The molecule has 16 heavy (non-hydrogen) atoms. The Morgan fingerprint density at radius 2 is 2.44 bits per heavy atom. The molecule has 0 radical (unpaired) electrons. The van der Waals surface area contributed by atoms with Gasteiger partial charge in [-0.1, -0.05) is 15.9 Å². The largest absolute Gasteiger partial charge is 0.461 e. The van der Waals surface area contributed by atoms with Gasteiger partial charge in [-0.3, -0.25) is 0 Å². The average molecular weight is 292 g/mol. The standard InChI is InChI=1S/C8H10BrN3O4/c1-2-16-8(13)6-5-7(12(14)15)10-11(6)4-3-9/h5H,2-4H2,1H3. The zero-order valence-electron chi connectivity index (χ0n) is 8.55. The first-order valence-corrected chi connectivity index (χ1v) is 5.67. The van der Waals surface area contributed by atoms with Gasteiger partial charge in [-0.2, -0.15) is 4.68 Å². The predicted molar refractivity (Wildman–Crippen MR) is 58.6 cm³/mol. The summed E-state index contributed by atoms with van der Waals surface area (Å²) in [4.78, 5) is 21.3. The molecule has 1 rings (SSSR count). The first-order valence-electron chi connectivity index (χ1n) is 4.55. The topological polar surface area (TPSA) is 87.3 Å². The van der Waals surface area contributed by atoms with Gasteiger partial charge in [0.25, 0.3) is 0 Å². The van der Waals surface area contributed by atoms with E-state index in [1.54, 1.807) is 6.92 Å². The van der Waals surface area contributed by atoms with Crippen LogP contribution in [0.25, 0.3) is 0 Å². The van der Waals surface area contributed by atoms with Crippen LogP contribution in [0.4, 0.5) is 5.82 Å². The lowest BCUT2D eigenvalue weighted by atomic mass is 10.4. The maximum atomic E-state index is 11.5. The fourth-order valence-corrected chi connectivity index (χ4v) is 1.45. The molecule has 0 unspecified atom stereocenters. The maximum Gasteiger partial charge on any atom is 0.390 e. The molecule has 7 nitrogen and oxygen atoms in total. The van der Waals surface area contributed by atoms with Crippen LogP contribution in [-0.4, -0.2) is 32.6 Å². The van der Waals surface area contributed by atoms with Crippen molar-refractivity contribution < 1.29 is 14.5 Å². The molecule has 0 N–H and O–H groups in total. The van der Waals surface area contributed by atoms with E-state index < -0.39 is 10.9 Å². The molecule has 0 fully saturated rings. The van der Waals surface area contributed by atoms with Gasteiger partial charge in [0.15, 0.2) is 5.69 Å². The van der Waals surface area contributed by atoms with E-state index in [1.165, 1.54) is 4.68 Å². The van der Waals surface area contributed by atoms with Crippen LogP contribution in [0.1, 0.15) is 17.4 Å². The smallest absolute Gasteiger partial charge is 0.390 e. The van der Waals surface area contributed by atoms with Crippen molar-refractivity contribution in [3.05, 3.63) is 21.9 Å². The van der Waals surface area contributed by atoms with E-state index in [1.807, 2.05) is 0 Å². The number of esters is 1. The highest BCUT2D eigenvalue weighted by Crippen LogP contribution is 2.13. The Labute approximate surface area is 99.7 Å². The maximum absolute atomic E-state index is 11.5. The van der Waals surface area contributed by atoms with Crippen LogP contribution in [0.3, 0.4) is 0 Å². The van der Waals surface area contributed by atoms with Crippen LogP contribution in [0.15, 0.2) is 6.07 Å². The molecule has 8 heteroatoms. The van der Waals surface area contributed by atoms with E-state index in [9.17, 15) is 14.9 Å². The molecular weight excluding hydrogens is 282 g/mol. The second kappa shape index (κ2) is 5.59. The molecule has 1 aromatic rings. The monoisotopic (exact) mass is 291 g/mol. The number of carbonyl (C=O) groups excluding carboxylic acids is 1. The third kappa shape index (κ3) is 2.78. The Kier molecular flexibility index (Phi) is 4.41. The van der Waals surface area contributed by atoms with Crippen molar-refractivity contribution in [3.8, 4) is 0 Å². The Bertz CT molecular complexity index is 404. The van der Waals surface area contributed by atoms with Crippen LogP contribution in [0.2, 0.25) is 0 Å². The average Bonchev–Trinajstić information content (AvgIpc) is 2.63. The minimum Gasteiger partial charge on any atom is -0.461 e. The first kappa shape index (κ1) is 12.6. The Morgan fingerprint density at radius 3 is 2.94 bits per heavy atom. The minimum absolute atomic E-state index is 0.0907. The number of carbonyl (C=O) groups is 1. The number of hydrogen-bond acceptors (Lipinski definition) is 5. The van der Waals surface area contributed by atoms with E-state index >= 15 is 0 Å². The molecule has 0 spiro atoms. The fourth-order valence-electron chi connectivity index (χ4n) is 1.11. The van der Waals surface area contributed by atoms with Gasteiger partial charge in [-0.15, -0.1) is 0 Å². The summed E-state index contributed by atoms with van der Waals surface area (Å²) in [7, 11) is 0. The third-order valence-corrected chi connectivity index (χ3v) is 2.09. The van der Waals surface area contributed by atoms with E-state index in [-0.39, 0.29) is 18.1 Å². The highest BCUT2D eigenvalue weighted by molar-refractivity contribution is 9.09. The molecule has 0 aliphatic heterocycles. The summed E-state index contributed by atoms with van der Waals surface area (Å²) in [6.07, 6.45) is 0. The zero-order valence-corrected chi connectivity index (χ0v) is 10.1. The van der Waals surface area contributed by atoms with Gasteiger partial charge >= 0.3 is 11.8 Å². The molecule has 1 aromatic heterocycles. The van der Waals surface area contributed by atoms with Gasteiger partial charge in [0, 0.05) is 5.33 Å². The summed E-state index contributed by atoms with van der Waals surface area (Å²) in [5.74, 6) is -0.965. The second-order valence-corrected chi connectivity index (χ2v) is 3.57. The fraction of sp³-hybridized carbons (Fsp3) is 0.500. The molecule has 0 atom stereocenters. The Hall–Kier alpha value is -1.44. The lowest BCUT2D eigenvalue weighted by Gasteiger charge is -2.00. The third-order valence-electron chi connectivity index (χ3n) is 1.74. The number of nitro groups is 1. The highest BCUT2D eigenvalue weighted by Gasteiger charge is 2.23. The quantitative estimate of drug-likeness (QED) is 0.354. The lowest BCUT2D eigenvalue weighted by Crippen LogP contribution is -2.13. The Morgan fingerprint density at radius 1 is 1.75 bits per heavy atom. The van der Waals surface area contributed by atoms with Gasteiger partial charge in [-0.05, 0) is 11.8 Å². The summed E-state index contributed by atoms with van der Waals surface area (Å²) in [5.41, 5.74) is 0.0907. The Balaban J connectivity index is 3.04. The zero-order chi connectivity index (χ0) is 12.1. The van der Waals surface area contributed by atoms with Gasteiger partial charge in [0.1, 0.15) is 0 Å². The van der Waals surface area contributed by atoms with Crippen molar-refractivity contribution in [2.75, 3.05) is 11.9 Å². The van der Waals surface area contributed by atoms with E-state index in [4.69, 9.17) is 4.74 Å². The molecule has 0 aliphatic carbocycles. The number of alkyl halides is 1. The van der Waals surface area contributed by atoms with Crippen molar-refractivity contribution >= 4 is 27.7 Å². The molecular formula is C8H10BrN3O4. The van der Waals surface area contributed by atoms with Crippen LogP contribution >= 0.6 is 15.9 Å². The molecule has 88 valence electrons. The lowest BCUT2D eigenvalue weighted by molar-refractivity contribution is -0.389. The summed E-state index contributed by atoms with van der Waals surface area (Å²) >= 11 is 3.17. The normalized spacial score (nSPS) is 10.1. The van der Waals surface area contributed by atoms with Gasteiger partial charge < -0.3 is 14.9 Å². The first-order chi connectivity index (χ1) is 7.60. The SMILES string of the molecule is CCOC(=O)c1cc([N+](=O)[O-])nn1CCBr.